The summed E-state index contributed by atoms with van der Waals surface area (Å²) in [4.78, 5) is 2.68. The Hall–Kier alpha value is -0.860. The number of benzene rings is 1. The molecule has 1 aromatic carbocycles. The van der Waals surface area contributed by atoms with Gasteiger partial charge in [0.25, 0.3) is 0 Å². The quantitative estimate of drug-likeness (QED) is 0.886. The van der Waals surface area contributed by atoms with Crippen molar-refractivity contribution in [1.82, 2.24) is 10.2 Å². The molecule has 1 aliphatic rings. The SMILES string of the molecule is CCC(C)C1CN(CCc2ccccc2)C(C)CCN1. The van der Waals surface area contributed by atoms with Crippen LogP contribution in [-0.4, -0.2) is 36.6 Å². The van der Waals surface area contributed by atoms with E-state index >= 15 is 0 Å². The maximum atomic E-state index is 3.75. The number of hydrogen-bond donors (Lipinski definition) is 1. The van der Waals surface area contributed by atoms with Crippen LogP contribution in [0.4, 0.5) is 0 Å². The Morgan fingerprint density at radius 1 is 1.30 bits per heavy atom. The second-order valence-electron chi connectivity index (χ2n) is 6.31. The minimum Gasteiger partial charge on any atom is -0.312 e. The topological polar surface area (TPSA) is 15.3 Å². The fourth-order valence-corrected chi connectivity index (χ4v) is 3.05. The van der Waals surface area contributed by atoms with E-state index in [0.29, 0.717) is 12.1 Å². The van der Waals surface area contributed by atoms with Gasteiger partial charge in [0, 0.05) is 25.2 Å². The molecule has 1 aliphatic heterocycles. The molecule has 112 valence electrons. The molecule has 2 rings (SSSR count). The second kappa shape index (κ2) is 7.80. The van der Waals surface area contributed by atoms with Crippen molar-refractivity contribution in [3.05, 3.63) is 35.9 Å². The van der Waals surface area contributed by atoms with Gasteiger partial charge >= 0.3 is 0 Å². The Balaban J connectivity index is 1.93. The van der Waals surface area contributed by atoms with Crippen LogP contribution in [0.1, 0.15) is 39.2 Å². The van der Waals surface area contributed by atoms with E-state index in [1.807, 2.05) is 0 Å². The molecule has 3 atom stereocenters. The van der Waals surface area contributed by atoms with Gasteiger partial charge in [-0.25, -0.2) is 0 Å². The summed E-state index contributed by atoms with van der Waals surface area (Å²) in [5, 5.41) is 3.75. The largest absolute Gasteiger partial charge is 0.312 e. The zero-order valence-corrected chi connectivity index (χ0v) is 13.3. The van der Waals surface area contributed by atoms with Crippen molar-refractivity contribution in [2.75, 3.05) is 19.6 Å². The highest BCUT2D eigenvalue weighted by Crippen LogP contribution is 2.16. The first kappa shape index (κ1) is 15.5. The van der Waals surface area contributed by atoms with Gasteiger partial charge in [-0.05, 0) is 37.8 Å². The smallest absolute Gasteiger partial charge is 0.0220 e. The van der Waals surface area contributed by atoms with Crippen LogP contribution < -0.4 is 5.32 Å². The third-order valence-corrected chi connectivity index (χ3v) is 4.88. The van der Waals surface area contributed by atoms with Gasteiger partial charge in [-0.3, -0.25) is 4.90 Å². The van der Waals surface area contributed by atoms with Crippen LogP contribution in [0.5, 0.6) is 0 Å². The maximum absolute atomic E-state index is 3.75. The summed E-state index contributed by atoms with van der Waals surface area (Å²) in [6.07, 6.45) is 3.69. The van der Waals surface area contributed by atoms with Crippen LogP contribution in [0.2, 0.25) is 0 Å². The molecule has 0 amide bonds. The van der Waals surface area contributed by atoms with Crippen LogP contribution >= 0.6 is 0 Å². The Labute approximate surface area is 124 Å². The standard InChI is InChI=1S/C18H30N2/c1-4-15(2)18-14-20(16(3)10-12-19-18)13-11-17-8-6-5-7-9-17/h5-9,15-16,18-19H,4,10-14H2,1-3H3. The molecule has 0 radical (unpaired) electrons. The second-order valence-corrected chi connectivity index (χ2v) is 6.31. The zero-order valence-electron chi connectivity index (χ0n) is 13.3. The van der Waals surface area contributed by atoms with E-state index in [1.165, 1.54) is 37.9 Å². The molecular formula is C18H30N2. The summed E-state index contributed by atoms with van der Waals surface area (Å²) < 4.78 is 0. The first-order valence-electron chi connectivity index (χ1n) is 8.22. The lowest BCUT2D eigenvalue weighted by Crippen LogP contribution is -2.44. The normalized spacial score (nSPS) is 26.1. The fraction of sp³-hybridized carbons (Fsp3) is 0.667. The van der Waals surface area contributed by atoms with Gasteiger partial charge in [-0.15, -0.1) is 0 Å². The van der Waals surface area contributed by atoms with Gasteiger partial charge in [0.1, 0.15) is 0 Å². The van der Waals surface area contributed by atoms with Crippen LogP contribution in [0, 0.1) is 5.92 Å². The summed E-state index contributed by atoms with van der Waals surface area (Å²) in [5.41, 5.74) is 1.46. The lowest BCUT2D eigenvalue weighted by Gasteiger charge is -2.31. The van der Waals surface area contributed by atoms with Crippen molar-refractivity contribution < 1.29 is 0 Å². The summed E-state index contributed by atoms with van der Waals surface area (Å²) in [6, 6.07) is 12.2. The van der Waals surface area contributed by atoms with Crippen molar-refractivity contribution in [2.45, 2.75) is 52.1 Å². The van der Waals surface area contributed by atoms with E-state index < -0.39 is 0 Å². The molecule has 2 heteroatoms. The van der Waals surface area contributed by atoms with Gasteiger partial charge in [0.15, 0.2) is 0 Å². The average Bonchev–Trinajstić information content (AvgIpc) is 2.67. The van der Waals surface area contributed by atoms with Crippen molar-refractivity contribution in [3.8, 4) is 0 Å². The number of rotatable bonds is 5. The molecule has 0 aliphatic carbocycles. The molecule has 1 N–H and O–H groups in total. The van der Waals surface area contributed by atoms with Crippen LogP contribution in [0.25, 0.3) is 0 Å². The molecule has 0 spiro atoms. The lowest BCUT2D eigenvalue weighted by molar-refractivity contribution is 0.190. The van der Waals surface area contributed by atoms with Crippen molar-refractivity contribution in [1.29, 1.82) is 0 Å². The summed E-state index contributed by atoms with van der Waals surface area (Å²) in [5.74, 6) is 0.763. The van der Waals surface area contributed by atoms with Gasteiger partial charge < -0.3 is 5.32 Å². The summed E-state index contributed by atoms with van der Waals surface area (Å²) in [6.45, 7) is 10.6. The molecule has 1 saturated heterocycles. The van der Waals surface area contributed by atoms with E-state index in [9.17, 15) is 0 Å². The monoisotopic (exact) mass is 274 g/mol. The summed E-state index contributed by atoms with van der Waals surface area (Å²) >= 11 is 0. The number of nitrogens with zero attached hydrogens (tertiary/aromatic N) is 1. The maximum Gasteiger partial charge on any atom is 0.0220 e. The van der Waals surface area contributed by atoms with Crippen LogP contribution in [0.3, 0.4) is 0 Å². The predicted molar refractivity (Wildman–Crippen MR) is 87.0 cm³/mol. The zero-order chi connectivity index (χ0) is 14.4. The molecule has 0 saturated carbocycles. The minimum absolute atomic E-state index is 0.653. The highest BCUT2D eigenvalue weighted by molar-refractivity contribution is 5.14. The Kier molecular flexibility index (Phi) is 6.06. The molecule has 2 nitrogen and oxygen atoms in total. The van der Waals surface area contributed by atoms with E-state index in [4.69, 9.17) is 0 Å². The predicted octanol–water partition coefficient (Wildman–Crippen LogP) is 3.33. The Morgan fingerprint density at radius 2 is 2.05 bits per heavy atom. The molecule has 0 bridgehead atoms. The molecule has 3 unspecified atom stereocenters. The number of nitrogens with one attached hydrogen (secondary N) is 1. The van der Waals surface area contributed by atoms with Crippen LogP contribution in [-0.2, 0) is 6.42 Å². The van der Waals surface area contributed by atoms with Crippen molar-refractivity contribution >= 4 is 0 Å². The van der Waals surface area contributed by atoms with Crippen molar-refractivity contribution in [3.63, 3.8) is 0 Å². The Morgan fingerprint density at radius 3 is 2.75 bits per heavy atom. The first-order chi connectivity index (χ1) is 9.70. The molecular weight excluding hydrogens is 244 g/mol. The minimum atomic E-state index is 0.653. The Bertz CT molecular complexity index is 376. The highest BCUT2D eigenvalue weighted by Gasteiger charge is 2.25. The van der Waals surface area contributed by atoms with Crippen molar-refractivity contribution in [2.24, 2.45) is 5.92 Å². The highest BCUT2D eigenvalue weighted by atomic mass is 15.2. The third kappa shape index (κ3) is 4.32. The van der Waals surface area contributed by atoms with Crippen LogP contribution in [0.15, 0.2) is 30.3 Å². The molecule has 1 aromatic rings. The van der Waals surface area contributed by atoms with Gasteiger partial charge in [-0.2, -0.15) is 0 Å². The summed E-state index contributed by atoms with van der Waals surface area (Å²) in [7, 11) is 0. The molecule has 0 aromatic heterocycles. The van der Waals surface area contributed by atoms with Gasteiger partial charge in [0.2, 0.25) is 0 Å². The average molecular weight is 274 g/mol. The van der Waals surface area contributed by atoms with Gasteiger partial charge in [0.05, 0.1) is 0 Å². The third-order valence-electron chi connectivity index (χ3n) is 4.88. The fourth-order valence-electron chi connectivity index (χ4n) is 3.05. The van der Waals surface area contributed by atoms with E-state index in [2.05, 4.69) is 61.3 Å². The molecule has 1 fully saturated rings. The van der Waals surface area contributed by atoms with E-state index in [-0.39, 0.29) is 0 Å². The molecule has 20 heavy (non-hydrogen) atoms. The van der Waals surface area contributed by atoms with E-state index in [1.54, 1.807) is 0 Å². The van der Waals surface area contributed by atoms with Gasteiger partial charge in [-0.1, -0.05) is 50.6 Å². The molecule has 1 heterocycles. The number of hydrogen-bond acceptors (Lipinski definition) is 2. The van der Waals surface area contributed by atoms with E-state index in [0.717, 1.165) is 12.5 Å². The first-order valence-corrected chi connectivity index (χ1v) is 8.22. The lowest BCUT2D eigenvalue weighted by atomic mass is 9.98.